The smallest absolute Gasteiger partial charge is 0.417 e. The summed E-state index contributed by atoms with van der Waals surface area (Å²) in [6.45, 7) is 2.54. The summed E-state index contributed by atoms with van der Waals surface area (Å²) in [6.07, 6.45) is -2.81. The molecule has 6 nitrogen and oxygen atoms in total. The zero-order valence-electron chi connectivity index (χ0n) is 17.0. The number of hydrogen-bond donors (Lipinski definition) is 1. The Kier molecular flexibility index (Phi) is 8.94. The van der Waals surface area contributed by atoms with Gasteiger partial charge in [-0.2, -0.15) is 13.2 Å². The maximum Gasteiger partial charge on any atom is 0.417 e. The predicted octanol–water partition coefficient (Wildman–Crippen LogP) is 5.93. The monoisotopic (exact) mass is 461 g/mol. The van der Waals surface area contributed by atoms with Crippen LogP contribution in [0, 0.1) is 0 Å². The van der Waals surface area contributed by atoms with Crippen molar-refractivity contribution >= 4 is 17.6 Å². The number of ether oxygens (including phenoxy) is 3. The molecule has 1 unspecified atom stereocenters. The quantitative estimate of drug-likeness (QED) is 0.418. The Morgan fingerprint density at radius 3 is 2.58 bits per heavy atom. The SMILES string of the molecule is CCCC(CC(=O)O)c1ccc(OCCOC)cc1Oc1ncc(C(F)(F)F)cc1Cl. The van der Waals surface area contributed by atoms with Gasteiger partial charge in [-0.3, -0.25) is 4.79 Å². The van der Waals surface area contributed by atoms with E-state index in [2.05, 4.69) is 4.98 Å². The van der Waals surface area contributed by atoms with Gasteiger partial charge in [-0.15, -0.1) is 0 Å². The van der Waals surface area contributed by atoms with Crippen molar-refractivity contribution in [1.29, 1.82) is 0 Å². The van der Waals surface area contributed by atoms with Crippen LogP contribution in [0.15, 0.2) is 30.5 Å². The number of carboxylic acid groups (broad SMARTS) is 1. The largest absolute Gasteiger partial charge is 0.491 e. The molecular weight excluding hydrogens is 439 g/mol. The van der Waals surface area contributed by atoms with Gasteiger partial charge in [0, 0.05) is 19.4 Å². The fourth-order valence-corrected chi connectivity index (χ4v) is 3.16. The summed E-state index contributed by atoms with van der Waals surface area (Å²) in [6, 6.07) is 5.61. The summed E-state index contributed by atoms with van der Waals surface area (Å²) < 4.78 is 54.9. The molecule has 170 valence electrons. The minimum Gasteiger partial charge on any atom is -0.491 e. The van der Waals surface area contributed by atoms with Gasteiger partial charge in [-0.1, -0.05) is 31.0 Å². The highest BCUT2D eigenvalue weighted by Gasteiger charge is 2.32. The van der Waals surface area contributed by atoms with Crippen LogP contribution < -0.4 is 9.47 Å². The first kappa shape index (κ1) is 24.7. The third kappa shape index (κ3) is 7.29. The highest BCUT2D eigenvalue weighted by atomic mass is 35.5. The summed E-state index contributed by atoms with van der Waals surface area (Å²) in [7, 11) is 1.53. The van der Waals surface area contributed by atoms with Gasteiger partial charge in [0.1, 0.15) is 23.1 Å². The van der Waals surface area contributed by atoms with E-state index < -0.39 is 17.7 Å². The highest BCUT2D eigenvalue weighted by molar-refractivity contribution is 6.31. The third-order valence-electron chi connectivity index (χ3n) is 4.38. The number of alkyl halides is 3. The minimum atomic E-state index is -4.59. The Morgan fingerprint density at radius 2 is 2.00 bits per heavy atom. The molecule has 1 aromatic heterocycles. The molecule has 0 spiro atoms. The molecule has 2 rings (SSSR count). The summed E-state index contributed by atoms with van der Waals surface area (Å²) in [5.74, 6) is -0.946. The number of pyridine rings is 1. The molecule has 0 fully saturated rings. The lowest BCUT2D eigenvalue weighted by atomic mass is 9.90. The van der Waals surface area contributed by atoms with Gasteiger partial charge in [-0.05, 0) is 30.0 Å². The lowest BCUT2D eigenvalue weighted by Crippen LogP contribution is -2.09. The van der Waals surface area contributed by atoms with Crippen molar-refractivity contribution in [2.45, 2.75) is 38.3 Å². The van der Waals surface area contributed by atoms with Crippen molar-refractivity contribution in [1.82, 2.24) is 4.98 Å². The number of carboxylic acids is 1. The number of aromatic nitrogens is 1. The number of aliphatic carboxylic acids is 1. The first-order chi connectivity index (χ1) is 14.7. The number of rotatable bonds is 11. The molecule has 0 saturated carbocycles. The molecule has 0 bridgehead atoms. The van der Waals surface area contributed by atoms with Crippen LogP contribution in [-0.2, 0) is 15.7 Å². The second-order valence-electron chi connectivity index (χ2n) is 6.74. The van der Waals surface area contributed by atoms with Crippen molar-refractivity contribution in [3.63, 3.8) is 0 Å². The highest BCUT2D eigenvalue weighted by Crippen LogP contribution is 2.40. The summed E-state index contributed by atoms with van der Waals surface area (Å²) in [5.41, 5.74) is -0.433. The maximum absolute atomic E-state index is 12.9. The molecule has 0 aliphatic rings. The van der Waals surface area contributed by atoms with Crippen LogP contribution in [0.3, 0.4) is 0 Å². The van der Waals surface area contributed by atoms with Crippen LogP contribution in [0.5, 0.6) is 17.4 Å². The Labute approximate surface area is 182 Å². The third-order valence-corrected chi connectivity index (χ3v) is 4.65. The van der Waals surface area contributed by atoms with E-state index in [1.165, 1.54) is 13.2 Å². The molecule has 1 aromatic carbocycles. The number of benzene rings is 1. The normalized spacial score (nSPS) is 12.5. The van der Waals surface area contributed by atoms with E-state index in [0.717, 1.165) is 12.5 Å². The Balaban J connectivity index is 2.43. The predicted molar refractivity (Wildman–Crippen MR) is 108 cm³/mol. The van der Waals surface area contributed by atoms with Gasteiger partial charge in [0.05, 0.1) is 18.6 Å². The molecule has 0 amide bonds. The van der Waals surface area contributed by atoms with E-state index in [4.69, 9.17) is 25.8 Å². The van der Waals surface area contributed by atoms with Gasteiger partial charge in [0.25, 0.3) is 0 Å². The zero-order chi connectivity index (χ0) is 23.0. The number of carbonyl (C=O) groups is 1. The van der Waals surface area contributed by atoms with Crippen LogP contribution in [0.1, 0.15) is 43.2 Å². The molecule has 1 heterocycles. The maximum atomic E-state index is 12.9. The van der Waals surface area contributed by atoms with E-state index in [-0.39, 0.29) is 35.6 Å². The van der Waals surface area contributed by atoms with Crippen LogP contribution in [0.4, 0.5) is 13.2 Å². The van der Waals surface area contributed by atoms with Gasteiger partial charge < -0.3 is 19.3 Å². The summed E-state index contributed by atoms with van der Waals surface area (Å²) in [4.78, 5) is 15.0. The van der Waals surface area contributed by atoms with E-state index >= 15 is 0 Å². The molecule has 0 saturated heterocycles. The molecule has 1 N–H and O–H groups in total. The topological polar surface area (TPSA) is 77.9 Å². The minimum absolute atomic E-state index is 0.137. The van der Waals surface area contributed by atoms with Gasteiger partial charge in [-0.25, -0.2) is 4.98 Å². The standard InChI is InChI=1S/C21H23ClF3NO5/c1-3-4-13(9-19(27)28)16-6-5-15(30-8-7-29-2)11-18(16)31-20-17(22)10-14(12-26-20)21(23,24)25/h5-6,10-13H,3-4,7-9H2,1-2H3,(H,27,28). The zero-order valence-corrected chi connectivity index (χ0v) is 17.8. The average molecular weight is 462 g/mol. The number of methoxy groups -OCH3 is 1. The Bertz CT molecular complexity index is 892. The van der Waals surface area contributed by atoms with Gasteiger partial charge in [0.2, 0.25) is 5.88 Å². The molecule has 0 aliphatic carbocycles. The van der Waals surface area contributed by atoms with Gasteiger partial charge in [0.15, 0.2) is 0 Å². The molecule has 10 heteroatoms. The number of hydrogen-bond acceptors (Lipinski definition) is 5. The van der Waals surface area contributed by atoms with Crippen LogP contribution in [0.25, 0.3) is 0 Å². The number of nitrogens with zero attached hydrogens (tertiary/aromatic N) is 1. The van der Waals surface area contributed by atoms with Gasteiger partial charge >= 0.3 is 12.1 Å². The van der Waals surface area contributed by atoms with Crippen LogP contribution in [-0.4, -0.2) is 36.4 Å². The average Bonchev–Trinajstić information content (AvgIpc) is 2.68. The lowest BCUT2D eigenvalue weighted by molar-refractivity contribution is -0.138. The van der Waals surface area contributed by atoms with Crippen molar-refractivity contribution < 1.29 is 37.3 Å². The molecule has 0 aliphatic heterocycles. The first-order valence-corrected chi connectivity index (χ1v) is 9.91. The van der Waals surface area contributed by atoms with E-state index in [1.54, 1.807) is 12.1 Å². The Morgan fingerprint density at radius 1 is 1.26 bits per heavy atom. The van der Waals surface area contributed by atoms with E-state index in [0.29, 0.717) is 30.5 Å². The first-order valence-electron chi connectivity index (χ1n) is 9.53. The fraction of sp³-hybridized carbons (Fsp3) is 0.429. The lowest BCUT2D eigenvalue weighted by Gasteiger charge is -2.20. The Hall–Kier alpha value is -2.52. The molecule has 2 aromatic rings. The van der Waals surface area contributed by atoms with Crippen molar-refractivity contribution in [2.24, 2.45) is 0 Å². The van der Waals surface area contributed by atoms with E-state index in [1.807, 2.05) is 6.92 Å². The van der Waals surface area contributed by atoms with Crippen molar-refractivity contribution in [3.05, 3.63) is 46.6 Å². The van der Waals surface area contributed by atoms with Crippen molar-refractivity contribution in [2.75, 3.05) is 20.3 Å². The molecule has 1 atom stereocenters. The second kappa shape index (κ2) is 11.2. The summed E-state index contributed by atoms with van der Waals surface area (Å²) in [5, 5.41) is 8.96. The number of halogens is 4. The van der Waals surface area contributed by atoms with Crippen LogP contribution >= 0.6 is 11.6 Å². The fourth-order valence-electron chi connectivity index (χ4n) is 2.96. The molecule has 31 heavy (non-hydrogen) atoms. The second-order valence-corrected chi connectivity index (χ2v) is 7.14. The van der Waals surface area contributed by atoms with Crippen molar-refractivity contribution in [3.8, 4) is 17.4 Å². The molecular formula is C21H23ClF3NO5. The molecule has 0 radical (unpaired) electrons. The van der Waals surface area contributed by atoms with Crippen LogP contribution in [0.2, 0.25) is 5.02 Å². The summed E-state index contributed by atoms with van der Waals surface area (Å²) >= 11 is 5.98. The van der Waals surface area contributed by atoms with E-state index in [9.17, 15) is 23.1 Å².